The molecule has 0 aliphatic rings. The Hall–Kier alpha value is -1.33. The minimum atomic E-state index is 0.677. The van der Waals surface area contributed by atoms with E-state index in [4.69, 9.17) is 11.6 Å². The molecule has 1 heterocycles. The Kier molecular flexibility index (Phi) is 4.38. The lowest BCUT2D eigenvalue weighted by molar-refractivity contribution is 1.07. The van der Waals surface area contributed by atoms with Crippen molar-refractivity contribution in [2.24, 2.45) is 0 Å². The molecule has 0 aliphatic heterocycles. The first-order valence-corrected chi connectivity index (χ1v) is 6.54. The predicted octanol–water partition coefficient (Wildman–Crippen LogP) is 3.55. The van der Waals surface area contributed by atoms with Gasteiger partial charge in [0.15, 0.2) is 0 Å². The van der Waals surface area contributed by atoms with Gasteiger partial charge in [-0.05, 0) is 33.6 Å². The summed E-state index contributed by atoms with van der Waals surface area (Å²) < 4.78 is 0.821. The highest BCUT2D eigenvalue weighted by Crippen LogP contribution is 2.26. The number of anilines is 2. The van der Waals surface area contributed by atoms with Crippen LogP contribution < -0.4 is 10.6 Å². The van der Waals surface area contributed by atoms with Gasteiger partial charge in [-0.15, -0.1) is 0 Å². The number of nitrogens with one attached hydrogen (secondary N) is 2. The summed E-state index contributed by atoms with van der Waals surface area (Å²) >= 11 is 9.29. The molecule has 0 saturated carbocycles. The summed E-state index contributed by atoms with van der Waals surface area (Å²) in [6.07, 6.45) is 1.51. The molecule has 4 nitrogen and oxygen atoms in total. The molecule has 1 aromatic carbocycles. The van der Waals surface area contributed by atoms with Gasteiger partial charge in [0, 0.05) is 18.6 Å². The lowest BCUT2D eigenvalue weighted by atomic mass is 10.2. The van der Waals surface area contributed by atoms with Crippen LogP contribution in [0.5, 0.6) is 0 Å². The Morgan fingerprint density at radius 3 is 2.50 bits per heavy atom. The second-order valence-electron chi connectivity index (χ2n) is 3.61. The first kappa shape index (κ1) is 13.1. The molecule has 2 aromatic rings. The molecular weight excluding hydrogens is 316 g/mol. The van der Waals surface area contributed by atoms with E-state index in [1.165, 1.54) is 6.33 Å². The molecular formula is C12H12BrClN4. The zero-order chi connectivity index (χ0) is 13.0. The number of benzene rings is 1. The fourth-order valence-corrected chi connectivity index (χ4v) is 2.12. The predicted molar refractivity (Wildman–Crippen MR) is 78.1 cm³/mol. The van der Waals surface area contributed by atoms with Crippen LogP contribution in [-0.4, -0.2) is 17.0 Å². The molecule has 0 spiro atoms. The Balaban J connectivity index is 2.08. The van der Waals surface area contributed by atoms with Crippen molar-refractivity contribution in [1.82, 2.24) is 9.97 Å². The number of hydrogen-bond donors (Lipinski definition) is 2. The molecule has 18 heavy (non-hydrogen) atoms. The van der Waals surface area contributed by atoms with Gasteiger partial charge in [0.2, 0.25) is 0 Å². The highest BCUT2D eigenvalue weighted by atomic mass is 79.9. The van der Waals surface area contributed by atoms with Gasteiger partial charge in [-0.1, -0.05) is 23.7 Å². The zero-order valence-electron chi connectivity index (χ0n) is 9.74. The average molecular weight is 328 g/mol. The fraction of sp³-hybridized carbons (Fsp3) is 0.167. The van der Waals surface area contributed by atoms with E-state index in [0.29, 0.717) is 6.54 Å². The standard InChI is InChI=1S/C12H12BrClN4/c1-15-11-10(13)12(18-7-17-11)16-6-8-2-4-9(14)5-3-8/h2-5,7H,6H2,1H3,(H2,15,16,17,18). The number of aromatic nitrogens is 2. The van der Waals surface area contributed by atoms with Crippen LogP contribution in [0.2, 0.25) is 5.02 Å². The number of rotatable bonds is 4. The average Bonchev–Trinajstić information content (AvgIpc) is 2.39. The van der Waals surface area contributed by atoms with E-state index < -0.39 is 0 Å². The molecule has 6 heteroatoms. The molecule has 2 rings (SSSR count). The van der Waals surface area contributed by atoms with Crippen molar-refractivity contribution < 1.29 is 0 Å². The third kappa shape index (κ3) is 3.11. The van der Waals surface area contributed by atoms with Crippen LogP contribution in [0.4, 0.5) is 11.6 Å². The highest BCUT2D eigenvalue weighted by molar-refractivity contribution is 9.10. The molecule has 1 aromatic heterocycles. The maximum Gasteiger partial charge on any atom is 0.146 e. The first-order valence-electron chi connectivity index (χ1n) is 5.37. The van der Waals surface area contributed by atoms with Gasteiger partial charge in [0.1, 0.15) is 22.4 Å². The van der Waals surface area contributed by atoms with E-state index in [-0.39, 0.29) is 0 Å². The Morgan fingerprint density at radius 1 is 1.17 bits per heavy atom. The minimum Gasteiger partial charge on any atom is -0.372 e. The van der Waals surface area contributed by atoms with E-state index in [2.05, 4.69) is 36.5 Å². The number of hydrogen-bond acceptors (Lipinski definition) is 4. The van der Waals surface area contributed by atoms with E-state index in [1.54, 1.807) is 0 Å². The van der Waals surface area contributed by atoms with Crippen molar-refractivity contribution in [3.63, 3.8) is 0 Å². The van der Waals surface area contributed by atoms with Crippen molar-refractivity contribution in [3.8, 4) is 0 Å². The molecule has 0 amide bonds. The van der Waals surface area contributed by atoms with Gasteiger partial charge in [-0.2, -0.15) is 0 Å². The highest BCUT2D eigenvalue weighted by Gasteiger charge is 2.06. The van der Waals surface area contributed by atoms with E-state index >= 15 is 0 Å². The van der Waals surface area contributed by atoms with Gasteiger partial charge in [-0.25, -0.2) is 9.97 Å². The van der Waals surface area contributed by atoms with Crippen LogP contribution in [0.15, 0.2) is 35.1 Å². The first-order chi connectivity index (χ1) is 8.70. The molecule has 0 atom stereocenters. The SMILES string of the molecule is CNc1ncnc(NCc2ccc(Cl)cc2)c1Br. The summed E-state index contributed by atoms with van der Waals surface area (Å²) in [6.45, 7) is 0.677. The van der Waals surface area contributed by atoms with Crippen LogP contribution in [0.3, 0.4) is 0 Å². The van der Waals surface area contributed by atoms with Crippen LogP contribution >= 0.6 is 27.5 Å². The van der Waals surface area contributed by atoms with Gasteiger partial charge in [-0.3, -0.25) is 0 Å². The van der Waals surface area contributed by atoms with E-state index in [0.717, 1.165) is 26.7 Å². The second kappa shape index (κ2) is 6.02. The second-order valence-corrected chi connectivity index (χ2v) is 4.84. The molecule has 0 aliphatic carbocycles. The summed E-state index contributed by atoms with van der Waals surface area (Å²) in [7, 11) is 1.82. The number of halogens is 2. The fourth-order valence-electron chi connectivity index (χ4n) is 1.46. The number of nitrogens with zero attached hydrogens (tertiary/aromatic N) is 2. The summed E-state index contributed by atoms with van der Waals surface area (Å²) in [4.78, 5) is 8.28. The molecule has 0 fully saturated rings. The van der Waals surface area contributed by atoms with Crippen LogP contribution in [0.1, 0.15) is 5.56 Å². The topological polar surface area (TPSA) is 49.8 Å². The maximum absolute atomic E-state index is 5.84. The zero-order valence-corrected chi connectivity index (χ0v) is 12.1. The summed E-state index contributed by atoms with van der Waals surface area (Å²) in [5.41, 5.74) is 1.14. The van der Waals surface area contributed by atoms with Crippen molar-refractivity contribution in [3.05, 3.63) is 45.7 Å². The molecule has 0 saturated heterocycles. The lowest BCUT2D eigenvalue weighted by Crippen LogP contribution is -2.04. The Morgan fingerprint density at radius 2 is 1.83 bits per heavy atom. The van der Waals surface area contributed by atoms with E-state index in [1.807, 2.05) is 31.3 Å². The van der Waals surface area contributed by atoms with Crippen molar-refractivity contribution in [2.75, 3.05) is 17.7 Å². The van der Waals surface area contributed by atoms with Gasteiger partial charge in [0.05, 0.1) is 0 Å². The van der Waals surface area contributed by atoms with Gasteiger partial charge >= 0.3 is 0 Å². The molecule has 2 N–H and O–H groups in total. The smallest absolute Gasteiger partial charge is 0.146 e. The van der Waals surface area contributed by atoms with Crippen molar-refractivity contribution in [2.45, 2.75) is 6.54 Å². The molecule has 94 valence electrons. The quantitative estimate of drug-likeness (QED) is 0.902. The monoisotopic (exact) mass is 326 g/mol. The summed E-state index contributed by atoms with van der Waals surface area (Å²) in [5, 5.41) is 6.96. The van der Waals surface area contributed by atoms with Crippen molar-refractivity contribution in [1.29, 1.82) is 0 Å². The third-order valence-electron chi connectivity index (χ3n) is 2.40. The largest absolute Gasteiger partial charge is 0.372 e. The minimum absolute atomic E-state index is 0.677. The Bertz CT molecular complexity index is 530. The lowest BCUT2D eigenvalue weighted by Gasteiger charge is -2.09. The molecule has 0 bridgehead atoms. The van der Waals surface area contributed by atoms with Crippen LogP contribution in [0, 0.1) is 0 Å². The molecule has 0 unspecified atom stereocenters. The summed E-state index contributed by atoms with van der Waals surface area (Å²) in [6, 6.07) is 7.69. The van der Waals surface area contributed by atoms with Crippen molar-refractivity contribution >= 4 is 39.2 Å². The van der Waals surface area contributed by atoms with E-state index in [9.17, 15) is 0 Å². The maximum atomic E-state index is 5.84. The van der Waals surface area contributed by atoms with Crippen LogP contribution in [0.25, 0.3) is 0 Å². The normalized spacial score (nSPS) is 10.2. The Labute approximate surface area is 119 Å². The van der Waals surface area contributed by atoms with Crippen LogP contribution in [-0.2, 0) is 6.54 Å². The molecule has 0 radical (unpaired) electrons. The third-order valence-corrected chi connectivity index (χ3v) is 3.40. The van der Waals surface area contributed by atoms with Gasteiger partial charge in [0.25, 0.3) is 0 Å². The summed E-state index contributed by atoms with van der Waals surface area (Å²) in [5.74, 6) is 1.51. The van der Waals surface area contributed by atoms with Gasteiger partial charge < -0.3 is 10.6 Å².